The highest BCUT2D eigenvalue weighted by Crippen LogP contribution is 2.26. The summed E-state index contributed by atoms with van der Waals surface area (Å²) in [6.07, 6.45) is 0. The van der Waals surface area contributed by atoms with Crippen LogP contribution in [-0.4, -0.2) is 24.2 Å². The number of halogens is 1. The maximum atomic E-state index is 5.91. The molecule has 2 aromatic rings. The average Bonchev–Trinajstić information content (AvgIpc) is 2.44. The molecule has 1 aromatic carbocycles. The summed E-state index contributed by atoms with van der Waals surface area (Å²) in [5, 5.41) is 0. The fraction of sp³-hybridized carbons (Fsp3) is 0.286. The molecule has 0 aliphatic heterocycles. The first kappa shape index (κ1) is 14.9. The number of aromatic nitrogens is 2. The lowest BCUT2D eigenvalue weighted by Gasteiger charge is -2.09. The molecule has 1 aromatic heterocycles. The van der Waals surface area contributed by atoms with Gasteiger partial charge in [-0.05, 0) is 27.6 Å². The van der Waals surface area contributed by atoms with E-state index in [0.29, 0.717) is 29.3 Å². The number of ether oxygens (including phenoxy) is 2. The van der Waals surface area contributed by atoms with Crippen molar-refractivity contribution in [3.63, 3.8) is 0 Å². The predicted octanol–water partition coefficient (Wildman–Crippen LogP) is 2.78. The fourth-order valence-corrected chi connectivity index (χ4v) is 2.13. The minimum Gasteiger partial charge on any atom is -0.383 e. The summed E-state index contributed by atoms with van der Waals surface area (Å²) in [4.78, 5) is 8.80. The molecule has 0 aliphatic carbocycles. The first-order valence-electron chi connectivity index (χ1n) is 6.04. The summed E-state index contributed by atoms with van der Waals surface area (Å²) in [6.45, 7) is 0.919. The van der Waals surface area contributed by atoms with Crippen molar-refractivity contribution in [2.45, 2.75) is 13.2 Å². The lowest BCUT2D eigenvalue weighted by atomic mass is 10.1. The lowest BCUT2D eigenvalue weighted by Crippen LogP contribution is -2.04. The second kappa shape index (κ2) is 6.78. The maximum absolute atomic E-state index is 5.91. The van der Waals surface area contributed by atoms with Crippen molar-refractivity contribution >= 4 is 21.7 Å². The Kier molecular flexibility index (Phi) is 5.05. The molecule has 2 rings (SSSR count). The Morgan fingerprint density at radius 1 is 1.15 bits per heavy atom. The third-order valence-corrected chi connectivity index (χ3v) is 3.59. The highest BCUT2D eigenvalue weighted by molar-refractivity contribution is 9.10. The van der Waals surface area contributed by atoms with Crippen LogP contribution in [0.1, 0.15) is 11.3 Å². The molecule has 0 amide bonds. The molecule has 0 spiro atoms. The highest BCUT2D eigenvalue weighted by atomic mass is 79.9. The number of hydrogen-bond acceptors (Lipinski definition) is 5. The molecule has 0 radical (unpaired) electrons. The van der Waals surface area contributed by atoms with Gasteiger partial charge in [0.25, 0.3) is 0 Å². The summed E-state index contributed by atoms with van der Waals surface area (Å²) in [5.74, 6) is 0.981. The minimum absolute atomic E-state index is 0.373. The number of methoxy groups -OCH3 is 2. The van der Waals surface area contributed by atoms with E-state index >= 15 is 0 Å². The van der Waals surface area contributed by atoms with Gasteiger partial charge in [0.1, 0.15) is 5.82 Å². The number of rotatable bonds is 5. The monoisotopic (exact) mass is 337 g/mol. The van der Waals surface area contributed by atoms with Crippen molar-refractivity contribution in [1.82, 2.24) is 9.97 Å². The Hall–Kier alpha value is -1.50. The molecule has 0 unspecified atom stereocenters. The van der Waals surface area contributed by atoms with Crippen LogP contribution in [0.25, 0.3) is 11.4 Å². The number of nitrogens with two attached hydrogens (primary N) is 1. The molecule has 20 heavy (non-hydrogen) atoms. The summed E-state index contributed by atoms with van der Waals surface area (Å²) in [5.41, 5.74) is 8.59. The van der Waals surface area contributed by atoms with Crippen LogP contribution < -0.4 is 5.73 Å². The fourth-order valence-electron chi connectivity index (χ4n) is 1.84. The highest BCUT2D eigenvalue weighted by Gasteiger charge is 2.11. The zero-order chi connectivity index (χ0) is 14.5. The van der Waals surface area contributed by atoms with Crippen LogP contribution in [0, 0.1) is 0 Å². The van der Waals surface area contributed by atoms with Crippen molar-refractivity contribution in [2.75, 3.05) is 20.0 Å². The quantitative estimate of drug-likeness (QED) is 0.908. The molecule has 0 aliphatic rings. The lowest BCUT2D eigenvalue weighted by molar-refractivity contribution is 0.181. The predicted molar refractivity (Wildman–Crippen MR) is 81.0 cm³/mol. The number of benzene rings is 1. The van der Waals surface area contributed by atoms with E-state index in [1.54, 1.807) is 14.2 Å². The van der Waals surface area contributed by atoms with Gasteiger partial charge in [-0.2, -0.15) is 0 Å². The van der Waals surface area contributed by atoms with E-state index in [0.717, 1.165) is 16.8 Å². The second-order valence-corrected chi connectivity index (χ2v) is 5.05. The van der Waals surface area contributed by atoms with Crippen molar-refractivity contribution < 1.29 is 9.47 Å². The van der Waals surface area contributed by atoms with Gasteiger partial charge in [0, 0.05) is 19.8 Å². The summed E-state index contributed by atoms with van der Waals surface area (Å²) >= 11 is 3.38. The first-order chi connectivity index (χ1) is 9.65. The van der Waals surface area contributed by atoms with Crippen LogP contribution in [0.2, 0.25) is 0 Å². The standard InChI is InChI=1S/C14H16BrN3O2/c1-19-7-9-4-3-5-10(6-9)14-17-11(8-20-2)12(15)13(16)18-14/h3-6H,7-8H2,1-2H3,(H2,16,17,18). The molecule has 0 saturated carbocycles. The molecule has 6 heteroatoms. The SMILES string of the molecule is COCc1cccc(-c2nc(N)c(Br)c(COC)n2)c1. The zero-order valence-electron chi connectivity index (χ0n) is 11.4. The van der Waals surface area contributed by atoms with Gasteiger partial charge in [-0.3, -0.25) is 0 Å². The van der Waals surface area contributed by atoms with Gasteiger partial charge in [-0.1, -0.05) is 18.2 Å². The van der Waals surface area contributed by atoms with E-state index in [-0.39, 0.29) is 0 Å². The summed E-state index contributed by atoms with van der Waals surface area (Å²) < 4.78 is 10.9. The Morgan fingerprint density at radius 2 is 1.90 bits per heavy atom. The molecule has 1 heterocycles. The Labute approximate surface area is 126 Å². The molecule has 0 fully saturated rings. The second-order valence-electron chi connectivity index (χ2n) is 4.26. The van der Waals surface area contributed by atoms with Crippen molar-refractivity contribution in [3.05, 3.63) is 40.0 Å². The normalized spacial score (nSPS) is 10.8. The van der Waals surface area contributed by atoms with Gasteiger partial charge < -0.3 is 15.2 Å². The van der Waals surface area contributed by atoms with Crippen molar-refractivity contribution in [1.29, 1.82) is 0 Å². The topological polar surface area (TPSA) is 70.3 Å². The third-order valence-electron chi connectivity index (χ3n) is 2.72. The van der Waals surface area contributed by atoms with E-state index in [2.05, 4.69) is 25.9 Å². The maximum Gasteiger partial charge on any atom is 0.161 e. The molecule has 106 valence electrons. The molecule has 0 atom stereocenters. The van der Waals surface area contributed by atoms with E-state index in [1.807, 2.05) is 24.3 Å². The molecule has 0 bridgehead atoms. The molecule has 5 nitrogen and oxygen atoms in total. The number of nitrogen functional groups attached to an aromatic ring is 1. The van der Waals surface area contributed by atoms with Gasteiger partial charge in [-0.25, -0.2) is 9.97 Å². The third kappa shape index (κ3) is 3.33. The summed E-state index contributed by atoms with van der Waals surface area (Å²) in [7, 11) is 3.28. The van der Waals surface area contributed by atoms with Crippen molar-refractivity contribution in [2.24, 2.45) is 0 Å². The van der Waals surface area contributed by atoms with Gasteiger partial charge in [0.15, 0.2) is 5.82 Å². The van der Waals surface area contributed by atoms with Gasteiger partial charge >= 0.3 is 0 Å². The smallest absolute Gasteiger partial charge is 0.161 e. The number of hydrogen-bond donors (Lipinski definition) is 1. The Morgan fingerprint density at radius 3 is 2.60 bits per heavy atom. The summed E-state index contributed by atoms with van der Waals surface area (Å²) in [6, 6.07) is 7.87. The van der Waals surface area contributed by atoms with E-state index in [1.165, 1.54) is 0 Å². The first-order valence-corrected chi connectivity index (χ1v) is 6.84. The van der Waals surface area contributed by atoms with Gasteiger partial charge in [-0.15, -0.1) is 0 Å². The average molecular weight is 338 g/mol. The molecule has 2 N–H and O–H groups in total. The van der Waals surface area contributed by atoms with Crippen LogP contribution in [0.15, 0.2) is 28.7 Å². The molecule has 0 saturated heterocycles. The number of anilines is 1. The van der Waals surface area contributed by atoms with Gasteiger partial charge in [0.05, 0.1) is 23.4 Å². The van der Waals surface area contributed by atoms with Crippen LogP contribution in [0.5, 0.6) is 0 Å². The zero-order valence-corrected chi connectivity index (χ0v) is 13.0. The Bertz CT molecular complexity index is 605. The van der Waals surface area contributed by atoms with Crippen LogP contribution in [0.4, 0.5) is 5.82 Å². The largest absolute Gasteiger partial charge is 0.383 e. The van der Waals surface area contributed by atoms with E-state index in [4.69, 9.17) is 15.2 Å². The van der Waals surface area contributed by atoms with Gasteiger partial charge in [0.2, 0.25) is 0 Å². The Balaban J connectivity index is 2.44. The minimum atomic E-state index is 0.373. The van der Waals surface area contributed by atoms with Crippen LogP contribution >= 0.6 is 15.9 Å². The van der Waals surface area contributed by atoms with E-state index in [9.17, 15) is 0 Å². The van der Waals surface area contributed by atoms with Crippen molar-refractivity contribution in [3.8, 4) is 11.4 Å². The molecular weight excluding hydrogens is 322 g/mol. The van der Waals surface area contributed by atoms with Crippen LogP contribution in [0.3, 0.4) is 0 Å². The number of nitrogens with zero attached hydrogens (tertiary/aromatic N) is 2. The van der Waals surface area contributed by atoms with E-state index < -0.39 is 0 Å². The molecular formula is C14H16BrN3O2. The van der Waals surface area contributed by atoms with Crippen LogP contribution in [-0.2, 0) is 22.7 Å².